The fraction of sp³-hybridized carbons (Fsp3) is 0.500. The lowest BCUT2D eigenvalue weighted by Gasteiger charge is -2.63. The zero-order valence-electron chi connectivity index (χ0n) is 15.7. The number of hydrogen-bond donors (Lipinski definition) is 1. The number of amides is 1. The van der Waals surface area contributed by atoms with Gasteiger partial charge in [-0.3, -0.25) is 14.6 Å². The van der Waals surface area contributed by atoms with Crippen molar-refractivity contribution in [3.63, 3.8) is 0 Å². The molecule has 3 aliphatic rings. The van der Waals surface area contributed by atoms with Gasteiger partial charge < -0.3 is 14.6 Å². The van der Waals surface area contributed by atoms with E-state index in [1.807, 2.05) is 11.1 Å². The topological polar surface area (TPSA) is 64.7 Å². The van der Waals surface area contributed by atoms with Gasteiger partial charge in [-0.25, -0.2) is 9.37 Å². The second-order valence-electron chi connectivity index (χ2n) is 8.03. The number of H-pyrrole nitrogens is 1. The highest BCUT2D eigenvalue weighted by Gasteiger charge is 2.54. The maximum Gasteiger partial charge on any atom is 0.256 e. The first-order valence-electron chi connectivity index (χ1n) is 9.73. The number of aromatic nitrogens is 2. The molecule has 0 radical (unpaired) electrons. The molecule has 5 rings (SSSR count). The lowest BCUT2D eigenvalue weighted by Crippen LogP contribution is -2.80. The number of rotatable bonds is 3. The quantitative estimate of drug-likeness (QED) is 0.853. The van der Waals surface area contributed by atoms with Crippen molar-refractivity contribution in [2.75, 3.05) is 45.9 Å². The molecule has 0 saturated carbocycles. The SMILES string of the molecule is O=C(c1ccccc1F)N1CC2COCCN2C2(CN(Cc3cnc[nH]3)C2)C1. The Labute approximate surface area is 163 Å². The summed E-state index contributed by atoms with van der Waals surface area (Å²) in [5, 5.41) is 0. The zero-order valence-corrected chi connectivity index (χ0v) is 15.7. The maximum atomic E-state index is 14.2. The minimum Gasteiger partial charge on any atom is -0.378 e. The van der Waals surface area contributed by atoms with Gasteiger partial charge in [0.2, 0.25) is 0 Å². The third kappa shape index (κ3) is 3.01. The molecule has 1 atom stereocenters. The van der Waals surface area contributed by atoms with Gasteiger partial charge in [-0.1, -0.05) is 12.1 Å². The van der Waals surface area contributed by atoms with Crippen LogP contribution in [-0.2, 0) is 11.3 Å². The van der Waals surface area contributed by atoms with E-state index in [2.05, 4.69) is 19.8 Å². The molecule has 7 nitrogen and oxygen atoms in total. The molecule has 8 heteroatoms. The fourth-order valence-corrected chi connectivity index (χ4v) is 4.95. The van der Waals surface area contributed by atoms with Crippen LogP contribution in [0.25, 0.3) is 0 Å². The molecule has 1 unspecified atom stereocenters. The highest BCUT2D eigenvalue weighted by Crippen LogP contribution is 2.36. The number of fused-ring (bicyclic) bond motifs is 2. The third-order valence-electron chi connectivity index (χ3n) is 6.13. The molecule has 28 heavy (non-hydrogen) atoms. The zero-order chi connectivity index (χ0) is 19.1. The minimum atomic E-state index is -0.460. The average Bonchev–Trinajstić information content (AvgIpc) is 3.19. The molecule has 1 amide bonds. The summed E-state index contributed by atoms with van der Waals surface area (Å²) < 4.78 is 19.9. The first-order chi connectivity index (χ1) is 13.6. The molecule has 3 saturated heterocycles. The van der Waals surface area contributed by atoms with Crippen LogP contribution in [0.1, 0.15) is 16.1 Å². The molecule has 3 aliphatic heterocycles. The number of imidazole rings is 1. The summed E-state index contributed by atoms with van der Waals surface area (Å²) in [4.78, 5) is 27.0. The summed E-state index contributed by atoms with van der Waals surface area (Å²) in [7, 11) is 0. The van der Waals surface area contributed by atoms with Crippen molar-refractivity contribution >= 4 is 5.91 Å². The van der Waals surface area contributed by atoms with Crippen molar-refractivity contribution in [1.29, 1.82) is 0 Å². The largest absolute Gasteiger partial charge is 0.378 e. The van der Waals surface area contributed by atoms with Crippen LogP contribution in [0.15, 0.2) is 36.8 Å². The fourth-order valence-electron chi connectivity index (χ4n) is 4.95. The van der Waals surface area contributed by atoms with Gasteiger partial charge in [0.25, 0.3) is 5.91 Å². The Morgan fingerprint density at radius 3 is 2.96 bits per heavy atom. The van der Waals surface area contributed by atoms with Gasteiger partial charge in [0, 0.05) is 51.2 Å². The van der Waals surface area contributed by atoms with Crippen LogP contribution in [0.5, 0.6) is 0 Å². The van der Waals surface area contributed by atoms with E-state index in [9.17, 15) is 9.18 Å². The van der Waals surface area contributed by atoms with Crippen molar-refractivity contribution in [2.45, 2.75) is 18.1 Å². The van der Waals surface area contributed by atoms with E-state index in [4.69, 9.17) is 4.74 Å². The lowest BCUT2D eigenvalue weighted by molar-refractivity contribution is -0.160. The molecule has 3 fully saturated rings. The van der Waals surface area contributed by atoms with Gasteiger partial charge in [-0.05, 0) is 12.1 Å². The van der Waals surface area contributed by atoms with E-state index >= 15 is 0 Å². The number of carbonyl (C=O) groups excluding carboxylic acids is 1. The van der Waals surface area contributed by atoms with Crippen LogP contribution in [0.4, 0.5) is 4.39 Å². The van der Waals surface area contributed by atoms with Crippen LogP contribution in [0, 0.1) is 5.82 Å². The molecule has 1 spiro atoms. The minimum absolute atomic E-state index is 0.0896. The molecule has 0 aliphatic carbocycles. The van der Waals surface area contributed by atoms with Crippen LogP contribution < -0.4 is 0 Å². The van der Waals surface area contributed by atoms with Crippen molar-refractivity contribution in [1.82, 2.24) is 24.7 Å². The van der Waals surface area contributed by atoms with Gasteiger partial charge in [0.15, 0.2) is 0 Å². The molecule has 1 aromatic heterocycles. The lowest BCUT2D eigenvalue weighted by atomic mass is 9.82. The van der Waals surface area contributed by atoms with E-state index in [1.54, 1.807) is 24.5 Å². The summed E-state index contributed by atoms with van der Waals surface area (Å²) >= 11 is 0. The molecule has 2 aromatic rings. The highest BCUT2D eigenvalue weighted by molar-refractivity contribution is 5.94. The predicted octanol–water partition coefficient (Wildman–Crippen LogP) is 0.960. The van der Waals surface area contributed by atoms with Crippen LogP contribution >= 0.6 is 0 Å². The smallest absolute Gasteiger partial charge is 0.256 e. The Hall–Kier alpha value is -2.29. The third-order valence-corrected chi connectivity index (χ3v) is 6.13. The number of nitrogens with one attached hydrogen (secondary N) is 1. The monoisotopic (exact) mass is 385 g/mol. The normalized spacial score (nSPS) is 24.8. The molecular formula is C20H24FN5O2. The first kappa shape index (κ1) is 17.8. The number of ether oxygens (including phenoxy) is 1. The number of likely N-dealkylation sites (tertiary alicyclic amines) is 1. The predicted molar refractivity (Wildman–Crippen MR) is 100 cm³/mol. The van der Waals surface area contributed by atoms with Gasteiger partial charge in [-0.2, -0.15) is 0 Å². The standard InChI is InChI=1S/C20H24FN5O2/c21-18-4-2-1-3-17(18)19(27)25-9-16-10-28-6-5-26(16)20(13-25)11-24(12-20)8-15-7-22-14-23-15/h1-4,7,14,16H,5-6,8-13H2,(H,22,23). The number of morpholine rings is 1. The summed E-state index contributed by atoms with van der Waals surface area (Å²) in [5.74, 6) is -0.687. The number of halogens is 1. The summed E-state index contributed by atoms with van der Waals surface area (Å²) in [5.41, 5.74) is 1.15. The van der Waals surface area contributed by atoms with Crippen molar-refractivity contribution in [3.05, 3.63) is 53.9 Å². The molecule has 1 N–H and O–H groups in total. The molecule has 1 aromatic carbocycles. The van der Waals surface area contributed by atoms with E-state index in [-0.39, 0.29) is 23.1 Å². The molecular weight excluding hydrogens is 361 g/mol. The van der Waals surface area contributed by atoms with E-state index in [0.717, 1.165) is 38.5 Å². The van der Waals surface area contributed by atoms with E-state index in [0.29, 0.717) is 19.7 Å². The average molecular weight is 385 g/mol. The van der Waals surface area contributed by atoms with Gasteiger partial charge in [0.1, 0.15) is 5.82 Å². The highest BCUT2D eigenvalue weighted by atomic mass is 19.1. The maximum absolute atomic E-state index is 14.2. The van der Waals surface area contributed by atoms with Gasteiger partial charge in [-0.15, -0.1) is 0 Å². The number of nitrogens with zero attached hydrogens (tertiary/aromatic N) is 4. The van der Waals surface area contributed by atoms with Gasteiger partial charge >= 0.3 is 0 Å². The van der Waals surface area contributed by atoms with Crippen molar-refractivity contribution < 1.29 is 13.9 Å². The summed E-state index contributed by atoms with van der Waals surface area (Å²) in [6, 6.07) is 6.40. The van der Waals surface area contributed by atoms with Crippen LogP contribution in [0.2, 0.25) is 0 Å². The van der Waals surface area contributed by atoms with Crippen LogP contribution in [-0.4, -0.2) is 88.1 Å². The summed E-state index contributed by atoms with van der Waals surface area (Å²) in [6.45, 7) is 5.99. The molecule has 148 valence electrons. The Bertz CT molecular complexity index is 852. The molecule has 0 bridgehead atoms. The van der Waals surface area contributed by atoms with Crippen molar-refractivity contribution in [3.8, 4) is 0 Å². The molecule has 4 heterocycles. The van der Waals surface area contributed by atoms with Gasteiger partial charge in [0.05, 0.1) is 36.7 Å². The second-order valence-corrected chi connectivity index (χ2v) is 8.03. The number of carbonyl (C=O) groups is 1. The van der Waals surface area contributed by atoms with E-state index in [1.165, 1.54) is 6.07 Å². The summed E-state index contributed by atoms with van der Waals surface area (Å²) in [6.07, 6.45) is 3.54. The van der Waals surface area contributed by atoms with E-state index < -0.39 is 5.82 Å². The van der Waals surface area contributed by atoms with Crippen LogP contribution in [0.3, 0.4) is 0 Å². The Morgan fingerprint density at radius 2 is 2.18 bits per heavy atom. The Morgan fingerprint density at radius 1 is 1.32 bits per heavy atom. The number of aromatic amines is 1. The Balaban J connectivity index is 1.36. The number of benzene rings is 1. The first-order valence-corrected chi connectivity index (χ1v) is 9.73. The Kier molecular flexibility index (Phi) is 4.41. The number of piperazine rings is 1. The second kappa shape index (κ2) is 6.95. The number of hydrogen-bond acceptors (Lipinski definition) is 5. The van der Waals surface area contributed by atoms with Crippen molar-refractivity contribution in [2.24, 2.45) is 0 Å².